The first kappa shape index (κ1) is 21.0. The van der Waals surface area contributed by atoms with Crippen molar-refractivity contribution in [3.05, 3.63) is 76.8 Å². The highest BCUT2D eigenvalue weighted by Gasteiger charge is 2.37. The molecule has 1 saturated carbocycles. The van der Waals surface area contributed by atoms with Crippen LogP contribution in [0.5, 0.6) is 0 Å². The summed E-state index contributed by atoms with van der Waals surface area (Å²) in [7, 11) is 0. The van der Waals surface area contributed by atoms with Gasteiger partial charge < -0.3 is 5.32 Å². The van der Waals surface area contributed by atoms with Crippen LogP contribution in [0.4, 0.5) is 14.5 Å². The third kappa shape index (κ3) is 4.61. The number of benzene rings is 2. The van der Waals surface area contributed by atoms with E-state index in [0.29, 0.717) is 0 Å². The molecule has 2 amide bonds. The van der Waals surface area contributed by atoms with Gasteiger partial charge >= 0.3 is 0 Å². The molecule has 3 aromatic rings. The van der Waals surface area contributed by atoms with E-state index in [0.717, 1.165) is 42.1 Å². The normalized spacial score (nSPS) is 14.9. The lowest BCUT2D eigenvalue weighted by atomic mass is 10.0. The molecule has 4 rings (SSSR count). The molecule has 160 valence electrons. The van der Waals surface area contributed by atoms with Crippen molar-refractivity contribution in [2.24, 2.45) is 0 Å². The lowest BCUT2D eigenvalue weighted by Gasteiger charge is -2.32. The van der Waals surface area contributed by atoms with E-state index in [-0.39, 0.29) is 23.0 Å². The lowest BCUT2D eigenvalue weighted by molar-refractivity contribution is -0.123. The van der Waals surface area contributed by atoms with Gasteiger partial charge in [0, 0.05) is 22.7 Å². The molecule has 0 spiro atoms. The van der Waals surface area contributed by atoms with Crippen LogP contribution in [0, 0.1) is 11.6 Å². The molecule has 2 aromatic carbocycles. The largest absolute Gasteiger partial charge is 0.351 e. The molecular formula is C22H20F2N4O2S. The number of carbonyl (C=O) groups is 2. The van der Waals surface area contributed by atoms with E-state index < -0.39 is 29.5 Å². The molecule has 0 saturated heterocycles. The van der Waals surface area contributed by atoms with E-state index in [4.69, 9.17) is 0 Å². The van der Waals surface area contributed by atoms with Gasteiger partial charge in [0.25, 0.3) is 5.91 Å². The molecule has 1 aliphatic rings. The molecule has 0 bridgehead atoms. The van der Waals surface area contributed by atoms with Gasteiger partial charge in [0.05, 0.1) is 0 Å². The third-order valence-electron chi connectivity index (χ3n) is 5.31. The standard InChI is InChI=1S/C22H20F2N4O2S/c23-14-9-11-16(12-10-14)28(22(30)19-13-31-27-26-19)20(17-7-3-4-8-18(17)24)21(29)25-15-5-1-2-6-15/h3-4,7-13,15,20H,1-2,5-6H2,(H,25,29)/t20-/m1/s1. The first-order valence-corrected chi connectivity index (χ1v) is 10.8. The molecule has 0 aliphatic heterocycles. The number of nitrogens with zero attached hydrogens (tertiary/aromatic N) is 3. The summed E-state index contributed by atoms with van der Waals surface area (Å²) in [5, 5.41) is 8.23. The van der Waals surface area contributed by atoms with Crippen LogP contribution in [-0.4, -0.2) is 27.4 Å². The number of amides is 2. The van der Waals surface area contributed by atoms with E-state index in [1.807, 2.05) is 0 Å². The van der Waals surface area contributed by atoms with Crippen LogP contribution in [0.15, 0.2) is 53.9 Å². The average Bonchev–Trinajstić information content (AvgIpc) is 3.47. The molecule has 1 N–H and O–H groups in total. The van der Waals surface area contributed by atoms with Crippen molar-refractivity contribution in [1.29, 1.82) is 0 Å². The van der Waals surface area contributed by atoms with Crippen LogP contribution >= 0.6 is 11.5 Å². The Balaban J connectivity index is 1.82. The highest BCUT2D eigenvalue weighted by molar-refractivity contribution is 7.03. The van der Waals surface area contributed by atoms with Gasteiger partial charge in [0.2, 0.25) is 5.91 Å². The van der Waals surface area contributed by atoms with Crippen molar-refractivity contribution < 1.29 is 18.4 Å². The minimum absolute atomic E-state index is 0.0179. The highest BCUT2D eigenvalue weighted by Crippen LogP contribution is 2.32. The fraction of sp³-hybridized carbons (Fsp3) is 0.273. The number of anilines is 1. The maximum Gasteiger partial charge on any atom is 0.280 e. The predicted molar refractivity (Wildman–Crippen MR) is 113 cm³/mol. The van der Waals surface area contributed by atoms with Gasteiger partial charge in [-0.2, -0.15) is 0 Å². The Morgan fingerprint density at radius 1 is 1.06 bits per heavy atom. The number of aromatic nitrogens is 2. The summed E-state index contributed by atoms with van der Waals surface area (Å²) < 4.78 is 32.2. The van der Waals surface area contributed by atoms with Gasteiger partial charge in [-0.15, -0.1) is 5.10 Å². The number of nitrogens with one attached hydrogen (secondary N) is 1. The van der Waals surface area contributed by atoms with Crippen LogP contribution in [0.2, 0.25) is 0 Å². The lowest BCUT2D eigenvalue weighted by Crippen LogP contribution is -2.46. The van der Waals surface area contributed by atoms with Gasteiger partial charge in [0.15, 0.2) is 5.69 Å². The molecule has 6 nitrogen and oxygen atoms in total. The maximum absolute atomic E-state index is 14.9. The Bertz CT molecular complexity index is 1050. The molecule has 1 aromatic heterocycles. The van der Waals surface area contributed by atoms with Gasteiger partial charge in [-0.1, -0.05) is 35.5 Å². The molecule has 9 heteroatoms. The minimum atomic E-state index is -1.30. The Kier molecular flexibility index (Phi) is 6.31. The number of hydrogen-bond acceptors (Lipinski definition) is 5. The first-order chi connectivity index (χ1) is 15.0. The van der Waals surface area contributed by atoms with E-state index in [2.05, 4.69) is 14.9 Å². The van der Waals surface area contributed by atoms with Crippen LogP contribution in [0.1, 0.15) is 47.8 Å². The SMILES string of the molecule is O=C(NC1CCCC1)[C@@H](c1ccccc1F)N(C(=O)c1csnn1)c1ccc(F)cc1. The van der Waals surface area contributed by atoms with Crippen molar-refractivity contribution in [2.75, 3.05) is 4.90 Å². The molecule has 1 atom stereocenters. The Morgan fingerprint density at radius 2 is 1.77 bits per heavy atom. The highest BCUT2D eigenvalue weighted by atomic mass is 32.1. The Morgan fingerprint density at radius 3 is 2.42 bits per heavy atom. The van der Waals surface area contributed by atoms with E-state index in [9.17, 15) is 18.4 Å². The third-order valence-corrected chi connectivity index (χ3v) is 5.82. The van der Waals surface area contributed by atoms with Crippen molar-refractivity contribution in [3.8, 4) is 0 Å². The maximum atomic E-state index is 14.9. The quantitative estimate of drug-likeness (QED) is 0.619. The second-order valence-corrected chi connectivity index (χ2v) is 7.97. The first-order valence-electron chi connectivity index (χ1n) is 9.95. The number of hydrogen-bond donors (Lipinski definition) is 1. The summed E-state index contributed by atoms with van der Waals surface area (Å²) in [4.78, 5) is 28.0. The summed E-state index contributed by atoms with van der Waals surface area (Å²) in [6, 6.07) is 9.61. The van der Waals surface area contributed by atoms with Gasteiger partial charge in [-0.05, 0) is 54.7 Å². The molecular weight excluding hydrogens is 422 g/mol. The smallest absolute Gasteiger partial charge is 0.280 e. The van der Waals surface area contributed by atoms with E-state index in [1.165, 1.54) is 47.8 Å². The number of halogens is 2. The topological polar surface area (TPSA) is 75.2 Å². The summed E-state index contributed by atoms with van der Waals surface area (Å²) in [5.41, 5.74) is 0.303. The van der Waals surface area contributed by atoms with Crippen LogP contribution < -0.4 is 10.2 Å². The predicted octanol–water partition coefficient (Wildman–Crippen LogP) is 4.26. The zero-order valence-electron chi connectivity index (χ0n) is 16.5. The van der Waals surface area contributed by atoms with Gasteiger partial charge in [0.1, 0.15) is 17.7 Å². The van der Waals surface area contributed by atoms with Crippen molar-refractivity contribution in [2.45, 2.75) is 37.8 Å². The van der Waals surface area contributed by atoms with Crippen molar-refractivity contribution in [1.82, 2.24) is 14.9 Å². The van der Waals surface area contributed by atoms with Gasteiger partial charge in [-0.3, -0.25) is 14.5 Å². The molecule has 0 unspecified atom stereocenters. The van der Waals surface area contributed by atoms with E-state index in [1.54, 1.807) is 6.07 Å². The molecule has 1 fully saturated rings. The molecule has 1 aliphatic carbocycles. The second-order valence-electron chi connectivity index (χ2n) is 7.36. The molecule has 0 radical (unpaired) electrons. The van der Waals surface area contributed by atoms with Gasteiger partial charge in [-0.25, -0.2) is 8.78 Å². The van der Waals surface area contributed by atoms with Crippen LogP contribution in [0.25, 0.3) is 0 Å². The fourth-order valence-corrected chi connectivity index (χ4v) is 4.24. The zero-order chi connectivity index (χ0) is 21.8. The molecule has 1 heterocycles. The Hall–Kier alpha value is -3.20. The number of rotatable bonds is 6. The zero-order valence-corrected chi connectivity index (χ0v) is 17.3. The van der Waals surface area contributed by atoms with Crippen molar-refractivity contribution >= 4 is 29.0 Å². The summed E-state index contributed by atoms with van der Waals surface area (Å²) >= 11 is 0.985. The Labute approximate surface area is 182 Å². The van der Waals surface area contributed by atoms with Crippen molar-refractivity contribution in [3.63, 3.8) is 0 Å². The summed E-state index contributed by atoms with van der Waals surface area (Å²) in [5.74, 6) is -2.25. The van der Waals surface area contributed by atoms with Crippen LogP contribution in [0.3, 0.4) is 0 Å². The fourth-order valence-electron chi connectivity index (χ4n) is 3.81. The summed E-state index contributed by atoms with van der Waals surface area (Å²) in [6.45, 7) is 0. The second kappa shape index (κ2) is 9.30. The van der Waals surface area contributed by atoms with Crippen LogP contribution in [-0.2, 0) is 4.79 Å². The monoisotopic (exact) mass is 442 g/mol. The average molecular weight is 442 g/mol. The van der Waals surface area contributed by atoms with E-state index >= 15 is 0 Å². The summed E-state index contributed by atoms with van der Waals surface area (Å²) in [6.07, 6.45) is 3.66. The number of carbonyl (C=O) groups excluding carboxylic acids is 2. The minimum Gasteiger partial charge on any atom is -0.351 e. The molecule has 31 heavy (non-hydrogen) atoms.